The molecular weight excluding hydrogens is 446 g/mol. The topological polar surface area (TPSA) is 99.2 Å². The lowest BCUT2D eigenvalue weighted by Gasteiger charge is -2.35. The zero-order valence-corrected chi connectivity index (χ0v) is 20.3. The third kappa shape index (κ3) is 5.82. The largest absolute Gasteiger partial charge is 0.481 e. The number of nitrogens with zero attached hydrogens (tertiary/aromatic N) is 2. The van der Waals surface area contributed by atoms with Crippen LogP contribution in [0.5, 0.6) is 0 Å². The van der Waals surface area contributed by atoms with Gasteiger partial charge >= 0.3 is 12.1 Å². The summed E-state index contributed by atoms with van der Waals surface area (Å²) in [4.78, 5) is 40.7. The standard InChI is InChI=1S/C27H33N3O5/c1-29(2)16-24(26(33)30-13-7-8-18(15-30)14-25(31)32)28-27(34)35-17-23-21-11-5-3-9-19(21)20-10-4-6-12-22(20)23/h3-6,9-12,18,23-24H,7-8,13-17H2,1-2H3,(H,28,34)(H,31,32)/t18?,24-/m0/s1. The molecule has 0 aromatic heterocycles. The van der Waals surface area contributed by atoms with Crippen LogP contribution in [-0.4, -0.2) is 79.3 Å². The maximum Gasteiger partial charge on any atom is 0.407 e. The number of ether oxygens (including phenoxy) is 1. The first-order chi connectivity index (χ1) is 16.8. The number of carbonyl (C=O) groups excluding carboxylic acids is 2. The van der Waals surface area contributed by atoms with Crippen LogP contribution in [0.2, 0.25) is 0 Å². The van der Waals surface area contributed by atoms with Gasteiger partial charge in [-0.3, -0.25) is 9.59 Å². The average molecular weight is 480 g/mol. The smallest absolute Gasteiger partial charge is 0.407 e. The van der Waals surface area contributed by atoms with Gasteiger partial charge in [-0.25, -0.2) is 4.79 Å². The minimum absolute atomic E-state index is 0.0436. The lowest BCUT2D eigenvalue weighted by Crippen LogP contribution is -2.55. The van der Waals surface area contributed by atoms with Gasteiger partial charge in [-0.2, -0.15) is 0 Å². The van der Waals surface area contributed by atoms with E-state index in [1.54, 1.807) is 4.90 Å². The highest BCUT2D eigenvalue weighted by atomic mass is 16.5. The molecule has 2 amide bonds. The molecular formula is C27H33N3O5. The first-order valence-electron chi connectivity index (χ1n) is 12.1. The molecule has 8 nitrogen and oxygen atoms in total. The third-order valence-corrected chi connectivity index (χ3v) is 6.78. The number of aliphatic carboxylic acids is 1. The second-order valence-corrected chi connectivity index (χ2v) is 9.68. The molecule has 1 aliphatic carbocycles. The summed E-state index contributed by atoms with van der Waals surface area (Å²) in [6, 6.07) is 15.5. The number of carbonyl (C=O) groups is 3. The van der Waals surface area contributed by atoms with Gasteiger partial charge in [-0.1, -0.05) is 48.5 Å². The minimum atomic E-state index is -0.856. The number of likely N-dealkylation sites (tertiary alicyclic amines) is 1. The van der Waals surface area contributed by atoms with E-state index in [1.807, 2.05) is 43.3 Å². The van der Waals surface area contributed by atoms with Crippen molar-refractivity contribution in [2.75, 3.05) is 40.3 Å². The fraction of sp³-hybridized carbons (Fsp3) is 0.444. The number of nitrogens with one attached hydrogen (secondary N) is 1. The average Bonchev–Trinajstić information content (AvgIpc) is 3.15. The zero-order chi connectivity index (χ0) is 24.9. The Balaban J connectivity index is 1.40. The van der Waals surface area contributed by atoms with E-state index in [0.717, 1.165) is 35.1 Å². The normalized spacial score (nSPS) is 18.0. The first kappa shape index (κ1) is 24.7. The summed E-state index contributed by atoms with van der Waals surface area (Å²) in [5.74, 6) is -1.19. The number of hydrogen-bond donors (Lipinski definition) is 2. The van der Waals surface area contributed by atoms with E-state index in [9.17, 15) is 14.4 Å². The summed E-state index contributed by atoms with van der Waals surface area (Å²) in [5.41, 5.74) is 4.55. The van der Waals surface area contributed by atoms with Gasteiger partial charge in [-0.05, 0) is 55.1 Å². The molecule has 0 saturated carbocycles. The molecule has 0 radical (unpaired) electrons. The summed E-state index contributed by atoms with van der Waals surface area (Å²) in [5, 5.41) is 11.9. The molecule has 2 N–H and O–H groups in total. The van der Waals surface area contributed by atoms with Crippen LogP contribution in [0.25, 0.3) is 11.1 Å². The Morgan fingerprint density at radius 2 is 1.71 bits per heavy atom. The molecule has 1 heterocycles. The molecule has 1 saturated heterocycles. The van der Waals surface area contributed by atoms with E-state index in [0.29, 0.717) is 19.6 Å². The van der Waals surface area contributed by atoms with Crippen LogP contribution in [0, 0.1) is 5.92 Å². The molecule has 1 unspecified atom stereocenters. The molecule has 0 bridgehead atoms. The number of benzene rings is 2. The van der Waals surface area contributed by atoms with Gasteiger partial charge in [0.15, 0.2) is 0 Å². The van der Waals surface area contributed by atoms with Crippen molar-refractivity contribution in [3.63, 3.8) is 0 Å². The number of hydrogen-bond acceptors (Lipinski definition) is 5. The van der Waals surface area contributed by atoms with Gasteiger partial charge in [0.2, 0.25) is 5.91 Å². The monoisotopic (exact) mass is 479 g/mol. The quantitative estimate of drug-likeness (QED) is 0.604. The SMILES string of the molecule is CN(C)C[C@H](NC(=O)OCC1c2ccccc2-c2ccccc21)C(=O)N1CCCC(CC(=O)O)C1. The Bertz CT molecular complexity index is 1040. The molecule has 1 aliphatic heterocycles. The predicted octanol–water partition coefficient (Wildman–Crippen LogP) is 3.17. The van der Waals surface area contributed by atoms with E-state index in [-0.39, 0.29) is 30.8 Å². The number of amides is 2. The van der Waals surface area contributed by atoms with Crippen molar-refractivity contribution >= 4 is 18.0 Å². The summed E-state index contributed by atoms with van der Waals surface area (Å²) >= 11 is 0. The highest BCUT2D eigenvalue weighted by Gasteiger charge is 2.33. The summed E-state index contributed by atoms with van der Waals surface area (Å²) in [6.07, 6.45) is 0.950. The van der Waals surface area contributed by atoms with Crippen molar-refractivity contribution in [2.24, 2.45) is 5.92 Å². The third-order valence-electron chi connectivity index (χ3n) is 6.78. The Morgan fingerprint density at radius 3 is 2.31 bits per heavy atom. The van der Waals surface area contributed by atoms with E-state index < -0.39 is 18.1 Å². The zero-order valence-electron chi connectivity index (χ0n) is 20.3. The predicted molar refractivity (Wildman–Crippen MR) is 132 cm³/mol. The Morgan fingerprint density at radius 1 is 1.09 bits per heavy atom. The van der Waals surface area contributed by atoms with E-state index >= 15 is 0 Å². The molecule has 35 heavy (non-hydrogen) atoms. The van der Waals surface area contributed by atoms with E-state index in [1.165, 1.54) is 0 Å². The number of fused-ring (bicyclic) bond motifs is 3. The lowest BCUT2D eigenvalue weighted by molar-refractivity contribution is -0.141. The molecule has 2 aromatic rings. The van der Waals surface area contributed by atoms with Crippen LogP contribution in [-0.2, 0) is 14.3 Å². The molecule has 0 spiro atoms. The van der Waals surface area contributed by atoms with Crippen molar-refractivity contribution in [1.29, 1.82) is 0 Å². The molecule has 186 valence electrons. The van der Waals surface area contributed by atoms with Gasteiger partial charge in [0, 0.05) is 32.0 Å². The van der Waals surface area contributed by atoms with Gasteiger partial charge in [0.05, 0.1) is 0 Å². The number of carboxylic acid groups (broad SMARTS) is 1. The van der Waals surface area contributed by atoms with Crippen LogP contribution >= 0.6 is 0 Å². The number of piperidine rings is 1. The van der Waals surface area contributed by atoms with Gasteiger partial charge in [0.1, 0.15) is 12.6 Å². The van der Waals surface area contributed by atoms with Crippen molar-refractivity contribution in [3.8, 4) is 11.1 Å². The van der Waals surface area contributed by atoms with Crippen molar-refractivity contribution in [3.05, 3.63) is 59.7 Å². The molecule has 2 aromatic carbocycles. The number of rotatable bonds is 8. The van der Waals surface area contributed by atoms with Crippen molar-refractivity contribution in [1.82, 2.24) is 15.1 Å². The van der Waals surface area contributed by atoms with Crippen molar-refractivity contribution < 1.29 is 24.2 Å². The van der Waals surface area contributed by atoms with Gasteiger partial charge in [-0.15, -0.1) is 0 Å². The fourth-order valence-electron chi connectivity index (χ4n) is 5.23. The Kier molecular flexibility index (Phi) is 7.70. The van der Waals surface area contributed by atoms with Gasteiger partial charge in [0.25, 0.3) is 0 Å². The summed E-state index contributed by atoms with van der Waals surface area (Å²) in [6.45, 7) is 1.45. The second kappa shape index (κ2) is 10.9. The van der Waals surface area contributed by atoms with Crippen LogP contribution < -0.4 is 5.32 Å². The second-order valence-electron chi connectivity index (χ2n) is 9.68. The first-order valence-corrected chi connectivity index (χ1v) is 12.1. The number of likely N-dealkylation sites (N-methyl/N-ethyl adjacent to an activating group) is 1. The molecule has 2 aliphatic rings. The molecule has 4 rings (SSSR count). The van der Waals surface area contributed by atoms with E-state index in [4.69, 9.17) is 9.84 Å². The highest BCUT2D eigenvalue weighted by molar-refractivity contribution is 5.86. The Labute approximate surface area is 205 Å². The lowest BCUT2D eigenvalue weighted by atomic mass is 9.94. The minimum Gasteiger partial charge on any atom is -0.481 e. The van der Waals surface area contributed by atoms with E-state index in [2.05, 4.69) is 29.6 Å². The van der Waals surface area contributed by atoms with Crippen LogP contribution in [0.1, 0.15) is 36.3 Å². The molecule has 8 heteroatoms. The maximum atomic E-state index is 13.3. The Hall–Kier alpha value is -3.39. The number of alkyl carbamates (subject to hydrolysis) is 1. The fourth-order valence-corrected chi connectivity index (χ4v) is 5.23. The number of carboxylic acids is 1. The van der Waals surface area contributed by atoms with Crippen LogP contribution in [0.15, 0.2) is 48.5 Å². The maximum absolute atomic E-state index is 13.3. The van der Waals surface area contributed by atoms with Crippen LogP contribution in [0.4, 0.5) is 4.79 Å². The van der Waals surface area contributed by atoms with Crippen molar-refractivity contribution in [2.45, 2.75) is 31.2 Å². The van der Waals surface area contributed by atoms with Crippen LogP contribution in [0.3, 0.4) is 0 Å². The molecule has 1 fully saturated rings. The van der Waals surface area contributed by atoms with Gasteiger partial charge < -0.3 is 25.0 Å². The molecule has 2 atom stereocenters. The summed E-state index contributed by atoms with van der Waals surface area (Å²) < 4.78 is 5.65. The highest BCUT2D eigenvalue weighted by Crippen LogP contribution is 2.44. The summed E-state index contributed by atoms with van der Waals surface area (Å²) in [7, 11) is 3.67.